The molecule has 1 heterocycles. The van der Waals surface area contributed by atoms with Crippen molar-refractivity contribution in [2.24, 2.45) is 0 Å². The lowest BCUT2D eigenvalue weighted by Gasteiger charge is -2.09. The molecule has 0 atom stereocenters. The van der Waals surface area contributed by atoms with Gasteiger partial charge in [-0.15, -0.1) is 0 Å². The van der Waals surface area contributed by atoms with E-state index < -0.39 is 21.7 Å². The molecule has 0 aliphatic heterocycles. The van der Waals surface area contributed by atoms with Crippen molar-refractivity contribution < 1.29 is 26.4 Å². The highest BCUT2D eigenvalue weighted by molar-refractivity contribution is 7.90. The number of Topliss-reactive ketones (excluding diaryl/α,β-unsaturated/α-hetero) is 1. The van der Waals surface area contributed by atoms with Gasteiger partial charge in [-0.2, -0.15) is 18.3 Å². The molecule has 0 radical (unpaired) electrons. The molecule has 0 fully saturated rings. The van der Waals surface area contributed by atoms with Gasteiger partial charge in [-0.05, 0) is 49.4 Å². The summed E-state index contributed by atoms with van der Waals surface area (Å²) in [6, 6.07) is 12.4. The predicted octanol–water partition coefficient (Wildman–Crippen LogP) is 4.16. The molecule has 5 nitrogen and oxygen atoms in total. The van der Waals surface area contributed by atoms with E-state index in [1.165, 1.54) is 55.5 Å². The summed E-state index contributed by atoms with van der Waals surface area (Å²) in [6.07, 6.45) is -3.60. The maximum absolute atomic E-state index is 13.2. The molecule has 28 heavy (non-hydrogen) atoms. The number of carbonyl (C=O) groups excluding carboxylic acids is 1. The van der Waals surface area contributed by atoms with Crippen molar-refractivity contribution in [3.63, 3.8) is 0 Å². The summed E-state index contributed by atoms with van der Waals surface area (Å²) in [6.45, 7) is 1.39. The fourth-order valence-corrected chi connectivity index (χ4v) is 3.26. The second kappa shape index (κ2) is 6.90. The molecule has 3 aromatic rings. The van der Waals surface area contributed by atoms with Crippen molar-refractivity contribution in [3.05, 3.63) is 65.9 Å². The van der Waals surface area contributed by atoms with Crippen molar-refractivity contribution in [2.75, 3.05) is 6.26 Å². The zero-order chi connectivity index (χ0) is 20.7. The quantitative estimate of drug-likeness (QED) is 0.608. The highest BCUT2D eigenvalue weighted by atomic mass is 32.2. The molecule has 0 aliphatic carbocycles. The first-order valence-electron chi connectivity index (χ1n) is 8.06. The van der Waals surface area contributed by atoms with E-state index >= 15 is 0 Å². The Labute approximate surface area is 159 Å². The number of nitrogens with zero attached hydrogens (tertiary/aromatic N) is 2. The second-order valence-electron chi connectivity index (χ2n) is 6.22. The lowest BCUT2D eigenvalue weighted by Crippen LogP contribution is -2.07. The highest BCUT2D eigenvalue weighted by Crippen LogP contribution is 2.33. The zero-order valence-corrected chi connectivity index (χ0v) is 15.7. The van der Waals surface area contributed by atoms with E-state index in [0.29, 0.717) is 16.8 Å². The first-order valence-corrected chi connectivity index (χ1v) is 9.95. The van der Waals surface area contributed by atoms with Crippen LogP contribution in [0.3, 0.4) is 0 Å². The van der Waals surface area contributed by atoms with Crippen LogP contribution in [0, 0.1) is 0 Å². The Bertz CT molecular complexity index is 1130. The van der Waals surface area contributed by atoms with Crippen molar-refractivity contribution in [2.45, 2.75) is 18.0 Å². The van der Waals surface area contributed by atoms with Crippen LogP contribution >= 0.6 is 0 Å². The van der Waals surface area contributed by atoms with Crippen molar-refractivity contribution >= 4 is 15.6 Å². The molecule has 0 spiro atoms. The summed E-state index contributed by atoms with van der Waals surface area (Å²) in [4.78, 5) is 11.5. The zero-order valence-electron chi connectivity index (χ0n) is 14.9. The number of hydrogen-bond donors (Lipinski definition) is 0. The van der Waals surface area contributed by atoms with Gasteiger partial charge in [-0.25, -0.2) is 13.1 Å². The fourth-order valence-electron chi connectivity index (χ4n) is 2.63. The van der Waals surface area contributed by atoms with E-state index in [9.17, 15) is 26.4 Å². The van der Waals surface area contributed by atoms with Gasteiger partial charge in [-0.1, -0.05) is 12.1 Å². The summed E-state index contributed by atoms with van der Waals surface area (Å²) in [5.41, 5.74) is 0.188. The highest BCUT2D eigenvalue weighted by Gasteiger charge is 2.35. The number of halogens is 3. The van der Waals surface area contributed by atoms with Crippen LogP contribution in [-0.4, -0.2) is 30.2 Å². The number of alkyl halides is 3. The smallest absolute Gasteiger partial charge is 0.295 e. The van der Waals surface area contributed by atoms with Crippen LogP contribution in [0.2, 0.25) is 0 Å². The number of aromatic nitrogens is 2. The number of rotatable bonds is 4. The summed E-state index contributed by atoms with van der Waals surface area (Å²) < 4.78 is 63.9. The van der Waals surface area contributed by atoms with E-state index in [1.807, 2.05) is 0 Å². The normalized spacial score (nSPS) is 12.2. The van der Waals surface area contributed by atoms with Crippen LogP contribution < -0.4 is 0 Å². The molecule has 2 aromatic carbocycles. The Kier molecular flexibility index (Phi) is 4.88. The largest absolute Gasteiger partial charge is 0.435 e. The van der Waals surface area contributed by atoms with Crippen LogP contribution in [0.4, 0.5) is 13.2 Å². The monoisotopic (exact) mass is 408 g/mol. The molecule has 0 saturated carbocycles. The minimum Gasteiger partial charge on any atom is -0.295 e. The van der Waals surface area contributed by atoms with E-state index in [-0.39, 0.29) is 16.4 Å². The Balaban J connectivity index is 2.14. The Morgan fingerprint density at radius 2 is 1.57 bits per heavy atom. The molecule has 9 heteroatoms. The standard InChI is InChI=1S/C19H15F3N2O3S/c1-12(25)13-3-7-15(8-4-13)24-17(11-18(23-24)19(20,21)22)14-5-9-16(10-6-14)28(2,26)27/h3-11H,1-2H3. The average Bonchev–Trinajstić information content (AvgIpc) is 3.07. The first kappa shape index (κ1) is 19.8. The summed E-state index contributed by atoms with van der Waals surface area (Å²) in [5, 5.41) is 3.66. The van der Waals surface area contributed by atoms with Gasteiger partial charge in [0.2, 0.25) is 0 Å². The van der Waals surface area contributed by atoms with Crippen LogP contribution in [0.25, 0.3) is 16.9 Å². The molecule has 0 amide bonds. The maximum atomic E-state index is 13.2. The Morgan fingerprint density at radius 3 is 2.04 bits per heavy atom. The molecule has 0 bridgehead atoms. The lowest BCUT2D eigenvalue weighted by atomic mass is 10.1. The van der Waals surface area contributed by atoms with Crippen LogP contribution in [-0.2, 0) is 16.0 Å². The molecule has 0 aliphatic rings. The Morgan fingerprint density at radius 1 is 1.00 bits per heavy atom. The average molecular weight is 408 g/mol. The topological polar surface area (TPSA) is 69.0 Å². The fraction of sp³-hybridized carbons (Fsp3) is 0.158. The molecule has 3 rings (SSSR count). The van der Waals surface area contributed by atoms with E-state index in [1.54, 1.807) is 0 Å². The van der Waals surface area contributed by atoms with Crippen LogP contribution in [0.5, 0.6) is 0 Å². The van der Waals surface area contributed by atoms with Crippen LogP contribution in [0.15, 0.2) is 59.5 Å². The minimum absolute atomic E-state index is 0.0594. The van der Waals surface area contributed by atoms with Gasteiger partial charge >= 0.3 is 6.18 Å². The molecule has 1 aromatic heterocycles. The minimum atomic E-state index is -4.65. The molecule has 146 valence electrons. The van der Waals surface area contributed by atoms with Gasteiger partial charge in [-0.3, -0.25) is 4.79 Å². The molecule has 0 N–H and O–H groups in total. The van der Waals surface area contributed by atoms with Gasteiger partial charge in [0.1, 0.15) is 0 Å². The molecule has 0 saturated heterocycles. The van der Waals surface area contributed by atoms with E-state index in [0.717, 1.165) is 17.0 Å². The summed E-state index contributed by atoms with van der Waals surface area (Å²) >= 11 is 0. The van der Waals surface area contributed by atoms with Crippen molar-refractivity contribution in [3.8, 4) is 16.9 Å². The predicted molar refractivity (Wildman–Crippen MR) is 97.1 cm³/mol. The van der Waals surface area contributed by atoms with Gasteiger partial charge in [0.15, 0.2) is 21.3 Å². The number of sulfone groups is 1. The van der Waals surface area contributed by atoms with Gasteiger partial charge < -0.3 is 0 Å². The summed E-state index contributed by atoms with van der Waals surface area (Å²) in [7, 11) is -3.43. The van der Waals surface area contributed by atoms with Crippen molar-refractivity contribution in [1.29, 1.82) is 0 Å². The van der Waals surface area contributed by atoms with Crippen LogP contribution in [0.1, 0.15) is 23.0 Å². The third kappa shape index (κ3) is 3.99. The number of benzene rings is 2. The SMILES string of the molecule is CC(=O)c1ccc(-n2nc(C(F)(F)F)cc2-c2ccc(S(C)(=O)=O)cc2)cc1. The third-order valence-corrected chi connectivity index (χ3v) is 5.22. The number of ketones is 1. The van der Waals surface area contributed by atoms with Gasteiger partial charge in [0, 0.05) is 17.4 Å². The number of hydrogen-bond acceptors (Lipinski definition) is 4. The molecular weight excluding hydrogens is 393 g/mol. The molecule has 0 unspecified atom stereocenters. The first-order chi connectivity index (χ1) is 13.0. The Hall–Kier alpha value is -2.94. The van der Waals surface area contributed by atoms with Crippen molar-refractivity contribution in [1.82, 2.24) is 9.78 Å². The maximum Gasteiger partial charge on any atom is 0.435 e. The lowest BCUT2D eigenvalue weighted by molar-refractivity contribution is -0.141. The van der Waals surface area contributed by atoms with E-state index in [4.69, 9.17) is 0 Å². The van der Waals surface area contributed by atoms with E-state index in [2.05, 4.69) is 5.10 Å². The van der Waals surface area contributed by atoms with Gasteiger partial charge in [0.25, 0.3) is 0 Å². The van der Waals surface area contributed by atoms with Gasteiger partial charge in [0.05, 0.1) is 16.3 Å². The second-order valence-corrected chi connectivity index (χ2v) is 8.24. The summed E-state index contributed by atoms with van der Waals surface area (Å²) in [5.74, 6) is -0.167. The molecular formula is C19H15F3N2O3S. The number of carbonyl (C=O) groups is 1. The third-order valence-electron chi connectivity index (χ3n) is 4.10.